The van der Waals surface area contributed by atoms with Gasteiger partial charge in [0, 0.05) is 23.7 Å². The van der Waals surface area contributed by atoms with Gasteiger partial charge in [0.25, 0.3) is 5.91 Å². The van der Waals surface area contributed by atoms with Crippen molar-refractivity contribution in [1.82, 2.24) is 10.2 Å². The average molecular weight is 383 g/mol. The van der Waals surface area contributed by atoms with E-state index in [0.717, 1.165) is 12.0 Å². The minimum atomic E-state index is -0.287. The van der Waals surface area contributed by atoms with Crippen LogP contribution >= 0.6 is 0 Å². The normalized spacial score (nSPS) is 19.2. The number of hydrogen-bond acceptors (Lipinski definition) is 3. The summed E-state index contributed by atoms with van der Waals surface area (Å²) in [6.45, 7) is 2.43. The van der Waals surface area contributed by atoms with Gasteiger partial charge in [-0.05, 0) is 62.3 Å². The molecule has 0 spiro atoms. The van der Waals surface area contributed by atoms with Crippen LogP contribution in [0.5, 0.6) is 0 Å². The molecule has 0 bridgehead atoms. The molecule has 1 fully saturated rings. The van der Waals surface area contributed by atoms with Crippen LogP contribution in [0.25, 0.3) is 0 Å². The number of rotatable bonds is 7. The first-order valence-electron chi connectivity index (χ1n) is 9.46. The van der Waals surface area contributed by atoms with Crippen LogP contribution in [0.1, 0.15) is 35.3 Å². The summed E-state index contributed by atoms with van der Waals surface area (Å²) in [4.78, 5) is 26.7. The number of amides is 2. The molecule has 0 saturated heterocycles. The van der Waals surface area contributed by atoms with E-state index in [-0.39, 0.29) is 29.6 Å². The van der Waals surface area contributed by atoms with Crippen molar-refractivity contribution < 1.29 is 14.0 Å². The van der Waals surface area contributed by atoms with Crippen LogP contribution in [0.4, 0.5) is 10.1 Å². The second-order valence-electron chi connectivity index (χ2n) is 7.63. The van der Waals surface area contributed by atoms with Crippen molar-refractivity contribution in [3.05, 3.63) is 65.5 Å². The molecule has 0 aromatic heterocycles. The summed E-state index contributed by atoms with van der Waals surface area (Å²) < 4.78 is 13.2. The van der Waals surface area contributed by atoms with Crippen LogP contribution in [-0.4, -0.2) is 37.4 Å². The molecule has 2 aromatic rings. The Bertz CT molecular complexity index is 851. The van der Waals surface area contributed by atoms with Gasteiger partial charge in [0.2, 0.25) is 5.91 Å². The molecule has 148 valence electrons. The molecule has 0 heterocycles. The summed E-state index contributed by atoms with van der Waals surface area (Å²) in [5.41, 5.74) is 2.03. The molecule has 2 N–H and O–H groups in total. The summed E-state index contributed by atoms with van der Waals surface area (Å²) in [6.07, 6.45) is 0.918. The first kappa shape index (κ1) is 20.0. The highest BCUT2D eigenvalue weighted by Gasteiger charge is 2.39. The van der Waals surface area contributed by atoms with Gasteiger partial charge in [-0.3, -0.25) is 9.59 Å². The molecular weight excluding hydrogens is 357 g/mol. The Labute approximate surface area is 164 Å². The number of anilines is 1. The SMILES string of the molecule is CC1CC1C(=O)Nc1cccc(C(=O)NCC(c2ccc(F)cc2)N(C)C)c1. The van der Waals surface area contributed by atoms with Gasteiger partial charge in [-0.25, -0.2) is 4.39 Å². The van der Waals surface area contributed by atoms with Gasteiger partial charge in [-0.1, -0.05) is 25.1 Å². The Hall–Kier alpha value is -2.73. The largest absolute Gasteiger partial charge is 0.350 e. The molecule has 5 nitrogen and oxygen atoms in total. The van der Waals surface area contributed by atoms with E-state index < -0.39 is 0 Å². The maximum absolute atomic E-state index is 13.2. The van der Waals surface area contributed by atoms with Crippen LogP contribution < -0.4 is 10.6 Å². The van der Waals surface area contributed by atoms with Crippen LogP contribution in [0.15, 0.2) is 48.5 Å². The van der Waals surface area contributed by atoms with Crippen LogP contribution in [0, 0.1) is 17.7 Å². The van der Waals surface area contributed by atoms with E-state index in [4.69, 9.17) is 0 Å². The zero-order valence-electron chi connectivity index (χ0n) is 16.4. The lowest BCUT2D eigenvalue weighted by molar-refractivity contribution is -0.117. The number of carbonyl (C=O) groups is 2. The van der Waals surface area contributed by atoms with E-state index in [2.05, 4.69) is 17.6 Å². The fourth-order valence-electron chi connectivity index (χ4n) is 3.24. The predicted molar refractivity (Wildman–Crippen MR) is 108 cm³/mol. The third-order valence-corrected chi connectivity index (χ3v) is 5.17. The zero-order chi connectivity index (χ0) is 20.3. The fraction of sp³-hybridized carbons (Fsp3) is 0.364. The lowest BCUT2D eigenvalue weighted by Gasteiger charge is -2.25. The van der Waals surface area contributed by atoms with Crippen molar-refractivity contribution in [3.63, 3.8) is 0 Å². The van der Waals surface area contributed by atoms with Crippen LogP contribution in [0.2, 0.25) is 0 Å². The van der Waals surface area contributed by atoms with Crippen molar-refractivity contribution >= 4 is 17.5 Å². The van der Waals surface area contributed by atoms with Gasteiger partial charge >= 0.3 is 0 Å². The lowest BCUT2D eigenvalue weighted by atomic mass is 10.1. The standard InChI is InChI=1S/C22H26FN3O2/c1-14-11-19(14)22(28)25-18-6-4-5-16(12-18)21(27)24-13-20(26(2)3)15-7-9-17(23)10-8-15/h4-10,12,14,19-20H,11,13H2,1-3H3,(H,24,27)(H,25,28). The van der Waals surface area contributed by atoms with E-state index in [0.29, 0.717) is 23.7 Å². The summed E-state index contributed by atoms with van der Waals surface area (Å²) >= 11 is 0. The van der Waals surface area contributed by atoms with Crippen molar-refractivity contribution in [2.45, 2.75) is 19.4 Å². The smallest absolute Gasteiger partial charge is 0.251 e. The van der Waals surface area contributed by atoms with Gasteiger partial charge in [0.1, 0.15) is 5.82 Å². The zero-order valence-corrected chi connectivity index (χ0v) is 16.4. The summed E-state index contributed by atoms with van der Waals surface area (Å²) in [5.74, 6) is 0.0126. The first-order chi connectivity index (χ1) is 13.3. The molecule has 3 rings (SSSR count). The van der Waals surface area contributed by atoms with Crippen molar-refractivity contribution in [1.29, 1.82) is 0 Å². The third-order valence-electron chi connectivity index (χ3n) is 5.17. The third kappa shape index (κ3) is 4.95. The Morgan fingerprint density at radius 2 is 1.86 bits per heavy atom. The molecule has 1 aliphatic carbocycles. The second-order valence-corrected chi connectivity index (χ2v) is 7.63. The Morgan fingerprint density at radius 3 is 2.46 bits per heavy atom. The number of benzene rings is 2. The molecule has 0 radical (unpaired) electrons. The molecule has 0 aliphatic heterocycles. The summed E-state index contributed by atoms with van der Waals surface area (Å²) in [6, 6.07) is 13.1. The monoisotopic (exact) mass is 383 g/mol. The van der Waals surface area contributed by atoms with E-state index in [9.17, 15) is 14.0 Å². The summed E-state index contributed by atoms with van der Waals surface area (Å²) in [5, 5.41) is 5.81. The van der Waals surface area contributed by atoms with E-state index >= 15 is 0 Å². The van der Waals surface area contributed by atoms with Gasteiger partial charge in [-0.2, -0.15) is 0 Å². The minimum absolute atomic E-state index is 0.00837. The van der Waals surface area contributed by atoms with Crippen molar-refractivity contribution in [2.24, 2.45) is 11.8 Å². The van der Waals surface area contributed by atoms with Gasteiger partial charge in [0.05, 0.1) is 6.04 Å². The Balaban J connectivity index is 1.62. The van der Waals surface area contributed by atoms with E-state index in [1.165, 1.54) is 12.1 Å². The molecule has 6 heteroatoms. The Morgan fingerprint density at radius 1 is 1.18 bits per heavy atom. The molecule has 3 unspecified atom stereocenters. The van der Waals surface area contributed by atoms with E-state index in [1.54, 1.807) is 36.4 Å². The Kier molecular flexibility index (Phi) is 6.09. The molecule has 28 heavy (non-hydrogen) atoms. The molecule has 2 aromatic carbocycles. The quantitative estimate of drug-likeness (QED) is 0.770. The second kappa shape index (κ2) is 8.52. The fourth-order valence-corrected chi connectivity index (χ4v) is 3.24. The van der Waals surface area contributed by atoms with Crippen molar-refractivity contribution in [3.8, 4) is 0 Å². The highest BCUT2D eigenvalue weighted by molar-refractivity contribution is 5.98. The predicted octanol–water partition coefficient (Wildman–Crippen LogP) is 3.45. The highest BCUT2D eigenvalue weighted by atomic mass is 19.1. The van der Waals surface area contributed by atoms with Crippen LogP contribution in [0.3, 0.4) is 0 Å². The van der Waals surface area contributed by atoms with Crippen LogP contribution in [-0.2, 0) is 4.79 Å². The molecule has 1 aliphatic rings. The molecule has 2 amide bonds. The average Bonchev–Trinajstić information content (AvgIpc) is 3.40. The van der Waals surface area contributed by atoms with Gasteiger partial charge < -0.3 is 15.5 Å². The number of likely N-dealkylation sites (N-methyl/N-ethyl adjacent to an activating group) is 1. The number of halogens is 1. The number of carbonyl (C=O) groups excluding carboxylic acids is 2. The first-order valence-corrected chi connectivity index (χ1v) is 9.46. The maximum Gasteiger partial charge on any atom is 0.251 e. The summed E-state index contributed by atoms with van der Waals surface area (Å²) in [7, 11) is 3.82. The van der Waals surface area contributed by atoms with Gasteiger partial charge in [0.15, 0.2) is 0 Å². The highest BCUT2D eigenvalue weighted by Crippen LogP contribution is 2.38. The molecular formula is C22H26FN3O2. The van der Waals surface area contributed by atoms with Gasteiger partial charge in [-0.15, -0.1) is 0 Å². The lowest BCUT2D eigenvalue weighted by Crippen LogP contribution is -2.34. The molecule has 1 saturated carbocycles. The maximum atomic E-state index is 13.2. The van der Waals surface area contributed by atoms with Crippen molar-refractivity contribution in [2.75, 3.05) is 26.0 Å². The van der Waals surface area contributed by atoms with E-state index in [1.807, 2.05) is 19.0 Å². The minimum Gasteiger partial charge on any atom is -0.350 e. The number of hydrogen-bond donors (Lipinski definition) is 2. The number of nitrogens with one attached hydrogen (secondary N) is 2. The topological polar surface area (TPSA) is 61.4 Å². The molecule has 3 atom stereocenters. The number of nitrogens with zero attached hydrogens (tertiary/aromatic N) is 1.